The van der Waals surface area contributed by atoms with E-state index in [1.54, 1.807) is 7.11 Å². The molecule has 1 fully saturated rings. The highest BCUT2D eigenvalue weighted by atomic mass is 16.5. The summed E-state index contributed by atoms with van der Waals surface area (Å²) < 4.78 is 11.2. The lowest BCUT2D eigenvalue weighted by atomic mass is 9.98. The van der Waals surface area contributed by atoms with Crippen molar-refractivity contribution in [3.8, 4) is 11.5 Å². The SMILES string of the molecule is COc1cccc(OCC2CCCN(Cc3ccncc3)C2)c1. The first-order valence-electron chi connectivity index (χ1n) is 8.21. The van der Waals surface area contributed by atoms with Gasteiger partial charge >= 0.3 is 0 Å². The lowest BCUT2D eigenvalue weighted by molar-refractivity contribution is 0.125. The third kappa shape index (κ3) is 4.70. The number of ether oxygens (including phenoxy) is 2. The fraction of sp³-hybridized carbons (Fsp3) is 0.421. The average Bonchev–Trinajstić information content (AvgIpc) is 2.61. The number of likely N-dealkylation sites (tertiary alicyclic amines) is 1. The number of pyridine rings is 1. The van der Waals surface area contributed by atoms with Crippen LogP contribution in [0.25, 0.3) is 0 Å². The van der Waals surface area contributed by atoms with Gasteiger partial charge in [-0.2, -0.15) is 0 Å². The molecular weight excluding hydrogens is 288 g/mol. The van der Waals surface area contributed by atoms with Crippen LogP contribution in [0.2, 0.25) is 0 Å². The number of aromatic nitrogens is 1. The second-order valence-electron chi connectivity index (χ2n) is 6.09. The van der Waals surface area contributed by atoms with Crippen molar-refractivity contribution in [2.75, 3.05) is 26.8 Å². The van der Waals surface area contributed by atoms with Gasteiger partial charge in [0.2, 0.25) is 0 Å². The summed E-state index contributed by atoms with van der Waals surface area (Å²) in [6, 6.07) is 12.0. The summed E-state index contributed by atoms with van der Waals surface area (Å²) in [5.41, 5.74) is 1.33. The molecule has 1 aliphatic heterocycles. The minimum atomic E-state index is 0.580. The number of methoxy groups -OCH3 is 1. The highest BCUT2D eigenvalue weighted by Gasteiger charge is 2.20. The van der Waals surface area contributed by atoms with E-state index in [0.29, 0.717) is 5.92 Å². The summed E-state index contributed by atoms with van der Waals surface area (Å²) in [4.78, 5) is 6.59. The average molecular weight is 312 g/mol. The van der Waals surface area contributed by atoms with Crippen molar-refractivity contribution in [1.82, 2.24) is 9.88 Å². The smallest absolute Gasteiger partial charge is 0.122 e. The molecule has 3 rings (SSSR count). The van der Waals surface area contributed by atoms with E-state index in [4.69, 9.17) is 9.47 Å². The molecule has 0 amide bonds. The molecule has 2 aromatic rings. The second-order valence-corrected chi connectivity index (χ2v) is 6.09. The molecule has 4 nitrogen and oxygen atoms in total. The molecule has 1 unspecified atom stereocenters. The molecule has 1 aromatic heterocycles. The fourth-order valence-corrected chi connectivity index (χ4v) is 3.08. The molecule has 1 aliphatic rings. The first kappa shape index (κ1) is 15.8. The maximum absolute atomic E-state index is 5.97. The predicted octanol–water partition coefficient (Wildman–Crippen LogP) is 3.38. The predicted molar refractivity (Wildman–Crippen MR) is 90.7 cm³/mol. The fourth-order valence-electron chi connectivity index (χ4n) is 3.08. The highest BCUT2D eigenvalue weighted by Crippen LogP contribution is 2.22. The molecule has 0 radical (unpaired) electrons. The third-order valence-electron chi connectivity index (χ3n) is 4.29. The van der Waals surface area contributed by atoms with Crippen molar-refractivity contribution >= 4 is 0 Å². The van der Waals surface area contributed by atoms with E-state index >= 15 is 0 Å². The van der Waals surface area contributed by atoms with Crippen molar-refractivity contribution in [1.29, 1.82) is 0 Å². The van der Waals surface area contributed by atoms with Crippen LogP contribution in [0.15, 0.2) is 48.8 Å². The van der Waals surface area contributed by atoms with Crippen molar-refractivity contribution < 1.29 is 9.47 Å². The van der Waals surface area contributed by atoms with E-state index in [9.17, 15) is 0 Å². The molecule has 23 heavy (non-hydrogen) atoms. The van der Waals surface area contributed by atoms with E-state index < -0.39 is 0 Å². The van der Waals surface area contributed by atoms with Crippen LogP contribution in [-0.2, 0) is 6.54 Å². The Morgan fingerprint density at radius 1 is 1.17 bits per heavy atom. The Balaban J connectivity index is 1.50. The topological polar surface area (TPSA) is 34.6 Å². The minimum absolute atomic E-state index is 0.580. The molecule has 0 saturated carbocycles. The number of hydrogen-bond donors (Lipinski definition) is 0. The van der Waals surface area contributed by atoms with Crippen LogP contribution in [-0.4, -0.2) is 36.7 Å². The van der Waals surface area contributed by atoms with Crippen molar-refractivity contribution in [2.45, 2.75) is 19.4 Å². The van der Waals surface area contributed by atoms with Gasteiger partial charge in [-0.05, 0) is 49.2 Å². The lowest BCUT2D eigenvalue weighted by Gasteiger charge is -2.32. The molecule has 1 aromatic carbocycles. The maximum Gasteiger partial charge on any atom is 0.122 e. The van der Waals surface area contributed by atoms with Crippen molar-refractivity contribution in [2.24, 2.45) is 5.92 Å². The van der Waals surface area contributed by atoms with E-state index in [-0.39, 0.29) is 0 Å². The Morgan fingerprint density at radius 2 is 2.00 bits per heavy atom. The van der Waals surface area contributed by atoms with Gasteiger partial charge < -0.3 is 9.47 Å². The number of piperidine rings is 1. The second kappa shape index (κ2) is 7.97. The van der Waals surface area contributed by atoms with E-state index in [0.717, 1.165) is 37.7 Å². The molecule has 0 N–H and O–H groups in total. The first-order chi connectivity index (χ1) is 11.3. The van der Waals surface area contributed by atoms with Gasteiger partial charge in [0.05, 0.1) is 13.7 Å². The Labute approximate surface area is 138 Å². The quantitative estimate of drug-likeness (QED) is 0.819. The molecular formula is C19H24N2O2. The normalized spacial score (nSPS) is 18.6. The van der Waals surface area contributed by atoms with Gasteiger partial charge in [-0.1, -0.05) is 6.07 Å². The van der Waals surface area contributed by atoms with Gasteiger partial charge in [0.1, 0.15) is 11.5 Å². The van der Waals surface area contributed by atoms with Crippen LogP contribution in [0.3, 0.4) is 0 Å². The van der Waals surface area contributed by atoms with Crippen LogP contribution in [0.4, 0.5) is 0 Å². The Bertz CT molecular complexity index is 603. The van der Waals surface area contributed by atoms with Gasteiger partial charge in [0.25, 0.3) is 0 Å². The van der Waals surface area contributed by atoms with E-state index in [1.165, 1.54) is 18.4 Å². The lowest BCUT2D eigenvalue weighted by Crippen LogP contribution is -2.37. The summed E-state index contributed by atoms with van der Waals surface area (Å²) >= 11 is 0. The number of benzene rings is 1. The van der Waals surface area contributed by atoms with Gasteiger partial charge in [-0.15, -0.1) is 0 Å². The summed E-state index contributed by atoms with van der Waals surface area (Å²) in [7, 11) is 1.68. The van der Waals surface area contributed by atoms with Gasteiger partial charge in [-0.3, -0.25) is 9.88 Å². The van der Waals surface area contributed by atoms with E-state index in [1.807, 2.05) is 36.7 Å². The molecule has 122 valence electrons. The molecule has 4 heteroatoms. The van der Waals surface area contributed by atoms with E-state index in [2.05, 4.69) is 22.0 Å². The molecule has 1 atom stereocenters. The number of nitrogens with zero attached hydrogens (tertiary/aromatic N) is 2. The summed E-state index contributed by atoms with van der Waals surface area (Å²) in [6.45, 7) is 4.02. The first-order valence-corrected chi connectivity index (χ1v) is 8.21. The van der Waals surface area contributed by atoms with Gasteiger partial charge in [0.15, 0.2) is 0 Å². The Morgan fingerprint density at radius 3 is 2.83 bits per heavy atom. The Kier molecular flexibility index (Phi) is 5.48. The Hall–Kier alpha value is -2.07. The van der Waals surface area contributed by atoms with Gasteiger partial charge in [-0.25, -0.2) is 0 Å². The highest BCUT2D eigenvalue weighted by molar-refractivity contribution is 5.32. The zero-order valence-electron chi connectivity index (χ0n) is 13.6. The summed E-state index contributed by atoms with van der Waals surface area (Å²) in [6.07, 6.45) is 6.19. The van der Waals surface area contributed by atoms with Crippen molar-refractivity contribution in [3.05, 3.63) is 54.4 Å². The number of rotatable bonds is 6. The van der Waals surface area contributed by atoms with Crippen LogP contribution in [0.5, 0.6) is 11.5 Å². The molecule has 1 saturated heterocycles. The number of hydrogen-bond acceptors (Lipinski definition) is 4. The van der Waals surface area contributed by atoms with Crippen LogP contribution < -0.4 is 9.47 Å². The maximum atomic E-state index is 5.97. The molecule has 0 bridgehead atoms. The molecule has 2 heterocycles. The zero-order valence-corrected chi connectivity index (χ0v) is 13.6. The molecule has 0 aliphatic carbocycles. The standard InChI is InChI=1S/C19H24N2O2/c1-22-18-5-2-6-19(12-18)23-15-17-4-3-11-21(14-17)13-16-7-9-20-10-8-16/h2,5-10,12,17H,3-4,11,13-15H2,1H3. The molecule has 0 spiro atoms. The van der Waals surface area contributed by atoms with Crippen molar-refractivity contribution in [3.63, 3.8) is 0 Å². The minimum Gasteiger partial charge on any atom is -0.497 e. The zero-order chi connectivity index (χ0) is 15.9. The van der Waals surface area contributed by atoms with Crippen LogP contribution >= 0.6 is 0 Å². The summed E-state index contributed by atoms with van der Waals surface area (Å²) in [5.74, 6) is 2.30. The van der Waals surface area contributed by atoms with Crippen LogP contribution in [0.1, 0.15) is 18.4 Å². The summed E-state index contributed by atoms with van der Waals surface area (Å²) in [5, 5.41) is 0. The van der Waals surface area contributed by atoms with Crippen LogP contribution in [0, 0.1) is 5.92 Å². The third-order valence-corrected chi connectivity index (χ3v) is 4.29. The monoisotopic (exact) mass is 312 g/mol. The largest absolute Gasteiger partial charge is 0.497 e. The van der Waals surface area contributed by atoms with Gasteiger partial charge in [0, 0.05) is 37.5 Å².